The molecule has 5 nitrogen and oxygen atoms in total. The monoisotopic (exact) mass is 242 g/mol. The number of urea groups is 1. The van der Waals surface area contributed by atoms with Crippen LogP contribution in [-0.4, -0.2) is 29.2 Å². The molecule has 5 heteroatoms. The minimum Gasteiger partial charge on any atom is -0.480 e. The second kappa shape index (κ2) is 4.94. The predicted octanol–water partition coefficient (Wildman–Crippen LogP) is 1.58. The molecule has 3 unspecified atom stereocenters. The van der Waals surface area contributed by atoms with Gasteiger partial charge in [-0.2, -0.15) is 0 Å². The van der Waals surface area contributed by atoms with E-state index in [-0.39, 0.29) is 23.4 Å². The molecule has 98 valence electrons. The van der Waals surface area contributed by atoms with Gasteiger partial charge in [0.05, 0.1) is 0 Å². The third-order valence-electron chi connectivity index (χ3n) is 3.58. The van der Waals surface area contributed by atoms with Crippen LogP contribution < -0.4 is 10.6 Å². The van der Waals surface area contributed by atoms with Crippen molar-refractivity contribution in [3.05, 3.63) is 0 Å². The highest BCUT2D eigenvalue weighted by Crippen LogP contribution is 2.44. The number of carboxylic acid groups (broad SMARTS) is 1. The van der Waals surface area contributed by atoms with E-state index in [1.807, 2.05) is 13.8 Å². The molecule has 0 spiro atoms. The van der Waals surface area contributed by atoms with Gasteiger partial charge in [-0.25, -0.2) is 9.59 Å². The predicted molar refractivity (Wildman–Crippen MR) is 64.7 cm³/mol. The first kappa shape index (κ1) is 13.8. The Morgan fingerprint density at radius 1 is 1.47 bits per heavy atom. The molecular formula is C12H22N2O3. The van der Waals surface area contributed by atoms with Crippen molar-refractivity contribution in [3.8, 4) is 0 Å². The number of carbonyl (C=O) groups is 2. The van der Waals surface area contributed by atoms with Crippen LogP contribution >= 0.6 is 0 Å². The summed E-state index contributed by atoms with van der Waals surface area (Å²) in [5.41, 5.74) is 0.145. The summed E-state index contributed by atoms with van der Waals surface area (Å²) in [6, 6.07) is -1.04. The van der Waals surface area contributed by atoms with Crippen molar-refractivity contribution in [1.82, 2.24) is 10.6 Å². The molecule has 0 saturated heterocycles. The summed E-state index contributed by atoms with van der Waals surface area (Å²) in [5.74, 6) is -1.06. The van der Waals surface area contributed by atoms with Crippen LogP contribution in [0.5, 0.6) is 0 Å². The minimum atomic E-state index is -0.982. The molecule has 0 heterocycles. The van der Waals surface area contributed by atoms with Crippen molar-refractivity contribution in [2.45, 2.75) is 52.6 Å². The van der Waals surface area contributed by atoms with Gasteiger partial charge >= 0.3 is 12.0 Å². The van der Waals surface area contributed by atoms with E-state index in [0.29, 0.717) is 6.42 Å². The summed E-state index contributed by atoms with van der Waals surface area (Å²) >= 11 is 0. The molecule has 0 radical (unpaired) electrons. The Kier molecular flexibility index (Phi) is 4.01. The zero-order valence-electron chi connectivity index (χ0n) is 10.9. The maximum atomic E-state index is 11.6. The third-order valence-corrected chi connectivity index (χ3v) is 3.58. The summed E-state index contributed by atoms with van der Waals surface area (Å²) in [6.07, 6.45) is 1.66. The molecule has 1 rings (SSSR count). The van der Waals surface area contributed by atoms with Crippen LogP contribution in [-0.2, 0) is 4.79 Å². The van der Waals surface area contributed by atoms with E-state index in [1.165, 1.54) is 0 Å². The molecule has 1 aliphatic rings. The van der Waals surface area contributed by atoms with Gasteiger partial charge in [0.2, 0.25) is 0 Å². The van der Waals surface area contributed by atoms with Crippen LogP contribution in [0.25, 0.3) is 0 Å². The maximum Gasteiger partial charge on any atom is 0.326 e. The van der Waals surface area contributed by atoms with E-state index in [9.17, 15) is 9.59 Å². The summed E-state index contributed by atoms with van der Waals surface area (Å²) in [7, 11) is 0. The highest BCUT2D eigenvalue weighted by atomic mass is 16.4. The van der Waals surface area contributed by atoms with Gasteiger partial charge in [0.1, 0.15) is 6.04 Å². The summed E-state index contributed by atoms with van der Waals surface area (Å²) in [5, 5.41) is 14.4. The first-order valence-corrected chi connectivity index (χ1v) is 6.07. The van der Waals surface area contributed by atoms with E-state index in [0.717, 1.165) is 6.42 Å². The maximum absolute atomic E-state index is 11.6. The SMILES string of the molecule is CCC(C)C(NC(=O)NC1CC1(C)C)C(=O)O. The Labute approximate surface area is 102 Å². The Morgan fingerprint density at radius 3 is 2.35 bits per heavy atom. The van der Waals surface area contributed by atoms with Gasteiger partial charge in [0, 0.05) is 6.04 Å². The van der Waals surface area contributed by atoms with Gasteiger partial charge in [0.25, 0.3) is 0 Å². The highest BCUT2D eigenvalue weighted by Gasteiger charge is 2.46. The molecule has 1 saturated carbocycles. The van der Waals surface area contributed by atoms with E-state index in [2.05, 4.69) is 24.5 Å². The lowest BCUT2D eigenvalue weighted by atomic mass is 9.99. The van der Waals surface area contributed by atoms with Crippen molar-refractivity contribution in [2.24, 2.45) is 11.3 Å². The average molecular weight is 242 g/mol. The van der Waals surface area contributed by atoms with Gasteiger partial charge < -0.3 is 15.7 Å². The van der Waals surface area contributed by atoms with Crippen molar-refractivity contribution in [3.63, 3.8) is 0 Å². The van der Waals surface area contributed by atoms with Crippen molar-refractivity contribution >= 4 is 12.0 Å². The Balaban J connectivity index is 2.45. The van der Waals surface area contributed by atoms with Crippen LogP contribution in [0, 0.1) is 11.3 Å². The lowest BCUT2D eigenvalue weighted by Crippen LogP contribution is -2.50. The molecule has 17 heavy (non-hydrogen) atoms. The normalized spacial score (nSPS) is 24.6. The molecular weight excluding hydrogens is 220 g/mol. The number of amides is 2. The summed E-state index contributed by atoms with van der Waals surface area (Å²) in [6.45, 7) is 7.87. The Hall–Kier alpha value is -1.26. The Morgan fingerprint density at radius 2 is 2.00 bits per heavy atom. The molecule has 0 aromatic carbocycles. The van der Waals surface area contributed by atoms with Crippen LogP contribution in [0.15, 0.2) is 0 Å². The van der Waals surface area contributed by atoms with Gasteiger partial charge in [-0.3, -0.25) is 0 Å². The van der Waals surface area contributed by atoms with Gasteiger partial charge in [-0.15, -0.1) is 0 Å². The second-order valence-electron chi connectivity index (χ2n) is 5.56. The number of hydrogen-bond acceptors (Lipinski definition) is 2. The van der Waals surface area contributed by atoms with E-state index < -0.39 is 12.0 Å². The van der Waals surface area contributed by atoms with Crippen molar-refractivity contribution in [2.75, 3.05) is 0 Å². The fourth-order valence-electron chi connectivity index (χ4n) is 1.74. The molecule has 3 N–H and O–H groups in total. The van der Waals surface area contributed by atoms with Crippen molar-refractivity contribution in [1.29, 1.82) is 0 Å². The van der Waals surface area contributed by atoms with Gasteiger partial charge in [-0.1, -0.05) is 34.1 Å². The standard InChI is InChI=1S/C12H22N2O3/c1-5-7(2)9(10(15)16)14-11(17)13-8-6-12(8,3)4/h7-9H,5-6H2,1-4H3,(H,15,16)(H2,13,14,17). The topological polar surface area (TPSA) is 78.4 Å². The molecule has 0 aromatic rings. The third kappa shape index (κ3) is 3.61. The lowest BCUT2D eigenvalue weighted by molar-refractivity contribution is -0.140. The number of aliphatic carboxylic acids is 1. The molecule has 1 fully saturated rings. The molecule has 0 aliphatic heterocycles. The number of rotatable bonds is 5. The van der Waals surface area contributed by atoms with Gasteiger partial charge in [-0.05, 0) is 17.8 Å². The quantitative estimate of drug-likeness (QED) is 0.685. The molecule has 0 bridgehead atoms. The fourth-order valence-corrected chi connectivity index (χ4v) is 1.74. The van der Waals surface area contributed by atoms with Crippen LogP contribution in [0.4, 0.5) is 4.79 Å². The smallest absolute Gasteiger partial charge is 0.326 e. The fraction of sp³-hybridized carbons (Fsp3) is 0.833. The minimum absolute atomic E-state index is 0.0783. The number of carbonyl (C=O) groups excluding carboxylic acids is 1. The number of nitrogens with one attached hydrogen (secondary N) is 2. The van der Waals surface area contributed by atoms with Crippen LogP contribution in [0.3, 0.4) is 0 Å². The van der Waals surface area contributed by atoms with Crippen LogP contribution in [0.2, 0.25) is 0 Å². The lowest BCUT2D eigenvalue weighted by Gasteiger charge is -2.20. The first-order chi connectivity index (χ1) is 7.77. The molecule has 1 aliphatic carbocycles. The Bertz CT molecular complexity index is 315. The zero-order chi connectivity index (χ0) is 13.2. The van der Waals surface area contributed by atoms with E-state index in [4.69, 9.17) is 5.11 Å². The first-order valence-electron chi connectivity index (χ1n) is 6.07. The molecule has 0 aromatic heterocycles. The number of hydrogen-bond donors (Lipinski definition) is 3. The van der Waals surface area contributed by atoms with E-state index >= 15 is 0 Å². The summed E-state index contributed by atoms with van der Waals surface area (Å²) < 4.78 is 0. The number of carboxylic acids is 1. The second-order valence-corrected chi connectivity index (χ2v) is 5.56. The van der Waals surface area contributed by atoms with Crippen molar-refractivity contribution < 1.29 is 14.7 Å². The molecule has 3 atom stereocenters. The zero-order valence-corrected chi connectivity index (χ0v) is 10.9. The molecule has 2 amide bonds. The summed E-state index contributed by atoms with van der Waals surface area (Å²) in [4.78, 5) is 22.7. The van der Waals surface area contributed by atoms with Gasteiger partial charge in [0.15, 0.2) is 0 Å². The largest absolute Gasteiger partial charge is 0.480 e. The average Bonchev–Trinajstić information content (AvgIpc) is 2.80. The van der Waals surface area contributed by atoms with E-state index in [1.54, 1.807) is 0 Å². The van der Waals surface area contributed by atoms with Crippen LogP contribution in [0.1, 0.15) is 40.5 Å². The highest BCUT2D eigenvalue weighted by molar-refractivity contribution is 5.83.